The molecule has 0 spiro atoms. The molecule has 0 aromatic rings. The standard InChI is InChI=1S/C6H11FO5/c7-3-5(10)4(9)2(1-8)12-6(3)11/h2-6,8-11H,1H2/t2-,3-,4-,5+,6-/m1/s1. The summed E-state index contributed by atoms with van der Waals surface area (Å²) in [7, 11) is 0. The lowest BCUT2D eigenvalue weighted by atomic mass is 10.0. The van der Waals surface area contributed by atoms with Gasteiger partial charge in [0.1, 0.15) is 18.3 Å². The van der Waals surface area contributed by atoms with Gasteiger partial charge in [0.15, 0.2) is 12.5 Å². The zero-order chi connectivity index (χ0) is 9.30. The van der Waals surface area contributed by atoms with Gasteiger partial charge in [-0.15, -0.1) is 0 Å². The van der Waals surface area contributed by atoms with Crippen molar-refractivity contribution in [3.63, 3.8) is 0 Å². The Morgan fingerprint density at radius 3 is 2.25 bits per heavy atom. The maximum absolute atomic E-state index is 12.7. The van der Waals surface area contributed by atoms with Gasteiger partial charge in [-0.25, -0.2) is 4.39 Å². The predicted molar refractivity (Wildman–Crippen MR) is 34.9 cm³/mol. The maximum Gasteiger partial charge on any atom is 0.189 e. The summed E-state index contributed by atoms with van der Waals surface area (Å²) in [5.41, 5.74) is 0. The van der Waals surface area contributed by atoms with E-state index in [4.69, 9.17) is 20.4 Å². The van der Waals surface area contributed by atoms with Crippen molar-refractivity contribution < 1.29 is 29.6 Å². The lowest BCUT2D eigenvalue weighted by Gasteiger charge is -2.36. The summed E-state index contributed by atoms with van der Waals surface area (Å²) in [6, 6.07) is 0. The Morgan fingerprint density at radius 1 is 1.17 bits per heavy atom. The molecule has 0 radical (unpaired) electrons. The Kier molecular flexibility index (Phi) is 2.97. The van der Waals surface area contributed by atoms with E-state index in [0.717, 1.165) is 0 Å². The van der Waals surface area contributed by atoms with E-state index in [1.165, 1.54) is 0 Å². The van der Waals surface area contributed by atoms with Gasteiger partial charge in [0.25, 0.3) is 0 Å². The fourth-order valence-corrected chi connectivity index (χ4v) is 1.06. The molecule has 1 saturated heterocycles. The van der Waals surface area contributed by atoms with E-state index >= 15 is 0 Å². The zero-order valence-corrected chi connectivity index (χ0v) is 6.17. The minimum absolute atomic E-state index is 0.581. The van der Waals surface area contributed by atoms with Crippen molar-refractivity contribution in [2.24, 2.45) is 0 Å². The van der Waals surface area contributed by atoms with Gasteiger partial charge in [0.2, 0.25) is 0 Å². The molecule has 0 aromatic heterocycles. The van der Waals surface area contributed by atoms with Crippen LogP contribution in [-0.4, -0.2) is 57.8 Å². The molecule has 1 fully saturated rings. The summed E-state index contributed by atoms with van der Waals surface area (Å²) in [4.78, 5) is 0. The van der Waals surface area contributed by atoms with Crippen LogP contribution >= 0.6 is 0 Å². The molecule has 0 aromatic carbocycles. The molecule has 5 nitrogen and oxygen atoms in total. The monoisotopic (exact) mass is 182 g/mol. The first-order valence-electron chi connectivity index (χ1n) is 3.52. The number of hydrogen-bond acceptors (Lipinski definition) is 5. The summed E-state index contributed by atoms with van der Waals surface area (Å²) in [6.07, 6.45) is -8.19. The molecule has 0 amide bonds. The highest BCUT2D eigenvalue weighted by molar-refractivity contribution is 4.88. The van der Waals surface area contributed by atoms with Crippen LogP contribution in [0.25, 0.3) is 0 Å². The Bertz CT molecular complexity index is 150. The van der Waals surface area contributed by atoms with Crippen LogP contribution in [0, 0.1) is 0 Å². The van der Waals surface area contributed by atoms with Gasteiger partial charge in [-0.2, -0.15) is 0 Å². The molecule has 0 saturated carbocycles. The second kappa shape index (κ2) is 3.63. The third-order valence-corrected chi connectivity index (χ3v) is 1.82. The van der Waals surface area contributed by atoms with Gasteiger partial charge in [-0.3, -0.25) is 0 Å². The molecule has 6 heteroatoms. The number of rotatable bonds is 1. The van der Waals surface area contributed by atoms with Gasteiger partial charge >= 0.3 is 0 Å². The summed E-state index contributed by atoms with van der Waals surface area (Å²) < 4.78 is 17.1. The molecule has 72 valence electrons. The first kappa shape index (κ1) is 9.82. The molecule has 1 aliphatic rings. The Balaban J connectivity index is 2.63. The van der Waals surface area contributed by atoms with Crippen molar-refractivity contribution in [2.45, 2.75) is 30.8 Å². The van der Waals surface area contributed by atoms with Crippen LogP contribution in [0.4, 0.5) is 4.39 Å². The van der Waals surface area contributed by atoms with Crippen LogP contribution in [-0.2, 0) is 4.74 Å². The molecule has 1 rings (SSSR count). The minimum atomic E-state index is -2.04. The Morgan fingerprint density at radius 2 is 1.75 bits per heavy atom. The third kappa shape index (κ3) is 1.57. The first-order chi connectivity index (χ1) is 5.57. The Labute approximate surface area is 68.0 Å². The maximum atomic E-state index is 12.7. The summed E-state index contributed by atoms with van der Waals surface area (Å²) in [5.74, 6) is 0. The third-order valence-electron chi connectivity index (χ3n) is 1.82. The molecule has 1 aliphatic heterocycles. The second-order valence-corrected chi connectivity index (χ2v) is 2.67. The average Bonchev–Trinajstić information content (AvgIpc) is 2.08. The first-order valence-corrected chi connectivity index (χ1v) is 3.52. The molecule has 0 bridgehead atoms. The van der Waals surface area contributed by atoms with Gasteiger partial charge in [-0.1, -0.05) is 0 Å². The SMILES string of the molecule is OC[C@H]1O[C@@H](O)[C@H](F)[C@H](O)[C@@H]1O. The van der Waals surface area contributed by atoms with Crippen molar-refractivity contribution in [2.75, 3.05) is 6.61 Å². The van der Waals surface area contributed by atoms with E-state index in [1.54, 1.807) is 0 Å². The lowest BCUT2D eigenvalue weighted by molar-refractivity contribution is -0.271. The number of ether oxygens (including phenoxy) is 1. The van der Waals surface area contributed by atoms with Crippen LogP contribution in [0.1, 0.15) is 0 Å². The summed E-state index contributed by atoms with van der Waals surface area (Å²) in [5, 5.41) is 35.3. The highest BCUT2D eigenvalue weighted by Crippen LogP contribution is 2.21. The number of halogens is 1. The molecule has 12 heavy (non-hydrogen) atoms. The molecule has 5 atom stereocenters. The molecular weight excluding hydrogens is 171 g/mol. The molecule has 1 heterocycles. The topological polar surface area (TPSA) is 90.2 Å². The van der Waals surface area contributed by atoms with Crippen LogP contribution in [0.3, 0.4) is 0 Å². The smallest absolute Gasteiger partial charge is 0.189 e. The highest BCUT2D eigenvalue weighted by Gasteiger charge is 2.43. The van der Waals surface area contributed by atoms with E-state index < -0.39 is 37.4 Å². The molecule has 0 aliphatic carbocycles. The number of hydrogen-bond donors (Lipinski definition) is 4. The van der Waals surface area contributed by atoms with Gasteiger partial charge < -0.3 is 25.2 Å². The molecule has 4 N–H and O–H groups in total. The zero-order valence-electron chi connectivity index (χ0n) is 6.17. The Hall–Kier alpha value is -0.270. The highest BCUT2D eigenvalue weighted by atomic mass is 19.1. The lowest BCUT2D eigenvalue weighted by Crippen LogP contribution is -2.56. The van der Waals surface area contributed by atoms with Crippen molar-refractivity contribution >= 4 is 0 Å². The van der Waals surface area contributed by atoms with E-state index in [1.807, 2.05) is 0 Å². The van der Waals surface area contributed by atoms with Gasteiger partial charge in [0.05, 0.1) is 6.61 Å². The summed E-state index contributed by atoms with van der Waals surface area (Å²) >= 11 is 0. The predicted octanol–water partition coefficient (Wildman–Crippen LogP) is -2.24. The van der Waals surface area contributed by atoms with E-state index in [9.17, 15) is 4.39 Å². The second-order valence-electron chi connectivity index (χ2n) is 2.67. The van der Waals surface area contributed by atoms with Gasteiger partial charge in [0, 0.05) is 0 Å². The van der Waals surface area contributed by atoms with Crippen LogP contribution in [0.15, 0.2) is 0 Å². The van der Waals surface area contributed by atoms with Crippen molar-refractivity contribution in [1.29, 1.82) is 0 Å². The minimum Gasteiger partial charge on any atom is -0.394 e. The fourth-order valence-electron chi connectivity index (χ4n) is 1.06. The largest absolute Gasteiger partial charge is 0.394 e. The molecular formula is C6H11FO5. The summed E-state index contributed by atoms with van der Waals surface area (Å²) in [6.45, 7) is -0.581. The van der Waals surface area contributed by atoms with E-state index in [-0.39, 0.29) is 0 Å². The number of aliphatic hydroxyl groups excluding tert-OH is 4. The van der Waals surface area contributed by atoms with Gasteiger partial charge in [-0.05, 0) is 0 Å². The van der Waals surface area contributed by atoms with E-state index in [2.05, 4.69) is 4.74 Å². The van der Waals surface area contributed by atoms with Crippen molar-refractivity contribution in [1.82, 2.24) is 0 Å². The normalized spacial score (nSPS) is 49.2. The number of aliphatic hydroxyl groups is 4. The van der Waals surface area contributed by atoms with Crippen molar-refractivity contribution in [3.05, 3.63) is 0 Å². The van der Waals surface area contributed by atoms with Crippen LogP contribution in [0.2, 0.25) is 0 Å². The van der Waals surface area contributed by atoms with E-state index in [0.29, 0.717) is 0 Å². The molecule has 0 unspecified atom stereocenters. The quantitative estimate of drug-likeness (QED) is 0.368. The average molecular weight is 182 g/mol. The van der Waals surface area contributed by atoms with Crippen molar-refractivity contribution in [3.8, 4) is 0 Å². The van der Waals surface area contributed by atoms with Crippen LogP contribution < -0.4 is 0 Å². The fraction of sp³-hybridized carbons (Fsp3) is 1.00. The van der Waals surface area contributed by atoms with Crippen LogP contribution in [0.5, 0.6) is 0 Å². The number of alkyl halides is 1.